The number of nitrogens with two attached hydrogens (primary N) is 1. The molecule has 0 fully saturated rings. The molecule has 0 saturated heterocycles. The lowest BCUT2D eigenvalue weighted by molar-refractivity contribution is 0.0990. The van der Waals surface area contributed by atoms with Crippen LogP contribution < -0.4 is 5.73 Å². The van der Waals surface area contributed by atoms with E-state index in [4.69, 9.17) is 5.73 Å². The molecule has 12 heavy (non-hydrogen) atoms. The first-order valence-electron chi connectivity index (χ1n) is 3.78. The highest BCUT2D eigenvalue weighted by Crippen LogP contribution is 2.00. The van der Waals surface area contributed by atoms with Gasteiger partial charge >= 0.3 is 0 Å². The molecule has 4 heteroatoms. The number of hydrogen-bond acceptors (Lipinski definition) is 3. The molecule has 64 valence electrons. The summed E-state index contributed by atoms with van der Waals surface area (Å²) in [6.07, 6.45) is 0.781. The van der Waals surface area contributed by atoms with Gasteiger partial charge in [-0.3, -0.25) is 4.79 Å². The van der Waals surface area contributed by atoms with Crippen LogP contribution in [0.25, 0.3) is 0 Å². The molecule has 0 saturated carbocycles. The highest BCUT2D eigenvalue weighted by molar-refractivity contribution is 5.88. The van der Waals surface area contributed by atoms with E-state index in [9.17, 15) is 4.79 Å². The minimum atomic E-state index is -0.576. The van der Waals surface area contributed by atoms with Gasteiger partial charge in [-0.15, -0.1) is 0 Å². The quantitative estimate of drug-likeness (QED) is 0.691. The molecule has 1 rings (SSSR count). The molecule has 0 unspecified atom stereocenters. The smallest absolute Gasteiger partial charge is 0.286 e. The molecule has 1 aromatic rings. The first-order chi connectivity index (χ1) is 5.63. The average molecular weight is 165 g/mol. The molecule has 0 aromatic carbocycles. The van der Waals surface area contributed by atoms with Crippen LogP contribution in [0.15, 0.2) is 6.07 Å². The highest BCUT2D eigenvalue weighted by atomic mass is 16.1. The number of hydrogen-bond donors (Lipinski definition) is 1. The van der Waals surface area contributed by atoms with Gasteiger partial charge in [-0.25, -0.2) is 9.97 Å². The van der Waals surface area contributed by atoms with Gasteiger partial charge in [0.1, 0.15) is 0 Å². The second-order valence-corrected chi connectivity index (χ2v) is 2.54. The Hall–Kier alpha value is -1.45. The second-order valence-electron chi connectivity index (χ2n) is 2.54. The van der Waals surface area contributed by atoms with E-state index in [-0.39, 0.29) is 5.82 Å². The van der Waals surface area contributed by atoms with Crippen molar-refractivity contribution in [2.24, 2.45) is 5.73 Å². The SMILES string of the molecule is CCc1cc(C)nc(C(N)=O)n1. The molecular formula is C8H11N3O. The van der Waals surface area contributed by atoms with Crippen LogP contribution >= 0.6 is 0 Å². The third-order valence-electron chi connectivity index (χ3n) is 1.49. The summed E-state index contributed by atoms with van der Waals surface area (Å²) in [7, 11) is 0. The molecular weight excluding hydrogens is 154 g/mol. The molecule has 0 bridgehead atoms. The number of aryl methyl sites for hydroxylation is 2. The number of carbonyl (C=O) groups is 1. The Morgan fingerprint density at radius 1 is 1.58 bits per heavy atom. The second kappa shape index (κ2) is 3.30. The first kappa shape index (κ1) is 8.64. The fourth-order valence-electron chi connectivity index (χ4n) is 0.925. The van der Waals surface area contributed by atoms with Gasteiger partial charge in [0.25, 0.3) is 5.91 Å². The van der Waals surface area contributed by atoms with Crippen LogP contribution in [0, 0.1) is 6.92 Å². The highest BCUT2D eigenvalue weighted by Gasteiger charge is 2.05. The lowest BCUT2D eigenvalue weighted by atomic mass is 10.3. The van der Waals surface area contributed by atoms with Gasteiger partial charge in [0, 0.05) is 11.4 Å². The molecule has 0 radical (unpaired) electrons. The molecule has 2 N–H and O–H groups in total. The van der Waals surface area contributed by atoms with Crippen LogP contribution in [0.1, 0.15) is 28.9 Å². The van der Waals surface area contributed by atoms with Gasteiger partial charge in [-0.1, -0.05) is 6.92 Å². The predicted octanol–water partition coefficient (Wildman–Crippen LogP) is 0.446. The molecule has 1 amide bonds. The minimum Gasteiger partial charge on any atom is -0.363 e. The third-order valence-corrected chi connectivity index (χ3v) is 1.49. The molecule has 1 aromatic heterocycles. The summed E-state index contributed by atoms with van der Waals surface area (Å²) in [4.78, 5) is 18.6. The third kappa shape index (κ3) is 1.78. The van der Waals surface area contributed by atoms with Crippen molar-refractivity contribution in [1.82, 2.24) is 9.97 Å². The maximum Gasteiger partial charge on any atom is 0.286 e. The molecule has 1 heterocycles. The molecule has 0 aliphatic rings. The van der Waals surface area contributed by atoms with E-state index in [0.717, 1.165) is 17.8 Å². The molecule has 0 aliphatic heterocycles. The van der Waals surface area contributed by atoms with E-state index in [2.05, 4.69) is 9.97 Å². The topological polar surface area (TPSA) is 68.9 Å². The van der Waals surface area contributed by atoms with Crippen LogP contribution in [0.4, 0.5) is 0 Å². The van der Waals surface area contributed by atoms with Crippen LogP contribution in [0.5, 0.6) is 0 Å². The summed E-state index contributed by atoms with van der Waals surface area (Å²) in [5.41, 5.74) is 6.66. The summed E-state index contributed by atoms with van der Waals surface area (Å²) in [6.45, 7) is 3.78. The van der Waals surface area contributed by atoms with Gasteiger partial charge in [0.2, 0.25) is 5.82 Å². The van der Waals surface area contributed by atoms with Crippen molar-refractivity contribution in [3.05, 3.63) is 23.3 Å². The maximum absolute atomic E-state index is 10.7. The zero-order valence-electron chi connectivity index (χ0n) is 7.16. The molecule has 0 atom stereocenters. The molecule has 4 nitrogen and oxygen atoms in total. The summed E-state index contributed by atoms with van der Waals surface area (Å²) in [5, 5.41) is 0. The van der Waals surface area contributed by atoms with E-state index >= 15 is 0 Å². The standard InChI is InChI=1S/C8H11N3O/c1-3-6-4-5(2)10-8(11-6)7(9)12/h4H,3H2,1-2H3,(H2,9,12). The predicted molar refractivity (Wildman–Crippen MR) is 44.7 cm³/mol. The van der Waals surface area contributed by atoms with E-state index < -0.39 is 5.91 Å². The monoisotopic (exact) mass is 165 g/mol. The van der Waals surface area contributed by atoms with Crippen molar-refractivity contribution in [1.29, 1.82) is 0 Å². The summed E-state index contributed by atoms with van der Waals surface area (Å²) < 4.78 is 0. The minimum absolute atomic E-state index is 0.104. The average Bonchev–Trinajstić information content (AvgIpc) is 2.03. The Morgan fingerprint density at radius 2 is 2.25 bits per heavy atom. The summed E-state index contributed by atoms with van der Waals surface area (Å²) in [6, 6.07) is 1.84. The van der Waals surface area contributed by atoms with Crippen molar-refractivity contribution in [2.45, 2.75) is 20.3 Å². The maximum atomic E-state index is 10.7. The molecule has 0 spiro atoms. The Morgan fingerprint density at radius 3 is 2.75 bits per heavy atom. The Balaban J connectivity index is 3.15. The van der Waals surface area contributed by atoms with Gasteiger partial charge in [-0.05, 0) is 19.4 Å². The van der Waals surface area contributed by atoms with E-state index in [1.165, 1.54) is 0 Å². The molecule has 0 aliphatic carbocycles. The number of amides is 1. The Bertz CT molecular complexity index is 309. The first-order valence-corrected chi connectivity index (χ1v) is 3.78. The van der Waals surface area contributed by atoms with Crippen molar-refractivity contribution in [3.8, 4) is 0 Å². The van der Waals surface area contributed by atoms with E-state index in [1.54, 1.807) is 0 Å². The van der Waals surface area contributed by atoms with Crippen molar-refractivity contribution in [3.63, 3.8) is 0 Å². The zero-order chi connectivity index (χ0) is 9.14. The number of aromatic nitrogens is 2. The van der Waals surface area contributed by atoms with Gasteiger partial charge in [0.05, 0.1) is 0 Å². The van der Waals surface area contributed by atoms with Crippen LogP contribution in [0.2, 0.25) is 0 Å². The van der Waals surface area contributed by atoms with Crippen molar-refractivity contribution in [2.75, 3.05) is 0 Å². The van der Waals surface area contributed by atoms with Crippen molar-refractivity contribution >= 4 is 5.91 Å². The summed E-state index contributed by atoms with van der Waals surface area (Å²) in [5.74, 6) is -0.472. The number of carbonyl (C=O) groups excluding carboxylic acids is 1. The van der Waals surface area contributed by atoms with Crippen LogP contribution in [-0.4, -0.2) is 15.9 Å². The zero-order valence-corrected chi connectivity index (χ0v) is 7.16. The normalized spacial score (nSPS) is 9.83. The summed E-state index contributed by atoms with van der Waals surface area (Å²) >= 11 is 0. The number of primary amides is 1. The Kier molecular flexibility index (Phi) is 2.38. The number of nitrogens with zero attached hydrogens (tertiary/aromatic N) is 2. The van der Waals surface area contributed by atoms with Gasteiger partial charge < -0.3 is 5.73 Å². The van der Waals surface area contributed by atoms with Gasteiger partial charge in [0.15, 0.2) is 0 Å². The largest absolute Gasteiger partial charge is 0.363 e. The van der Waals surface area contributed by atoms with Crippen molar-refractivity contribution < 1.29 is 4.79 Å². The van der Waals surface area contributed by atoms with E-state index in [1.807, 2.05) is 19.9 Å². The van der Waals surface area contributed by atoms with E-state index in [0.29, 0.717) is 0 Å². The fourth-order valence-corrected chi connectivity index (χ4v) is 0.925. The lowest BCUT2D eigenvalue weighted by Crippen LogP contribution is -2.16. The number of rotatable bonds is 2. The van der Waals surface area contributed by atoms with Crippen LogP contribution in [-0.2, 0) is 6.42 Å². The van der Waals surface area contributed by atoms with Gasteiger partial charge in [-0.2, -0.15) is 0 Å². The van der Waals surface area contributed by atoms with Crippen LogP contribution in [0.3, 0.4) is 0 Å². The Labute approximate surface area is 70.8 Å². The lowest BCUT2D eigenvalue weighted by Gasteiger charge is -1.99. The fraction of sp³-hybridized carbons (Fsp3) is 0.375.